The minimum atomic E-state index is -1.47. The fourth-order valence-corrected chi connectivity index (χ4v) is 3.15. The molecule has 0 aliphatic carbocycles. The fraction of sp³-hybridized carbons (Fsp3) is 0.938. The van der Waals surface area contributed by atoms with Crippen LogP contribution in [0.25, 0.3) is 0 Å². The van der Waals surface area contributed by atoms with Gasteiger partial charge in [0.05, 0.1) is 6.04 Å². The number of hydrogen-bond acceptors (Lipinski definition) is 4. The van der Waals surface area contributed by atoms with E-state index in [1.807, 2.05) is 41.5 Å². The summed E-state index contributed by atoms with van der Waals surface area (Å²) in [5.74, 6) is 0. The zero-order valence-electron chi connectivity index (χ0n) is 15.4. The first kappa shape index (κ1) is 20.5. The van der Waals surface area contributed by atoms with Crippen LogP contribution in [0.3, 0.4) is 0 Å². The van der Waals surface area contributed by atoms with Gasteiger partial charge in [-0.05, 0) is 48.5 Å². The molecule has 0 aromatic heterocycles. The number of nitrogens with zero attached hydrogens (tertiary/aromatic N) is 1. The Bertz CT molecular complexity index is 413. The van der Waals surface area contributed by atoms with Crippen molar-refractivity contribution in [1.29, 1.82) is 0 Å². The van der Waals surface area contributed by atoms with E-state index >= 15 is 4.39 Å². The lowest BCUT2D eigenvalue weighted by atomic mass is 9.87. The zero-order chi connectivity index (χ0) is 18.1. The van der Waals surface area contributed by atoms with Gasteiger partial charge in [0, 0.05) is 37.3 Å². The predicted molar refractivity (Wildman–Crippen MR) is 91.4 cm³/mol. The molecule has 0 saturated carbocycles. The number of carbonyl (C=O) groups excluding carboxylic acids is 1. The van der Waals surface area contributed by atoms with Crippen LogP contribution in [-0.2, 0) is 16.1 Å². The number of rotatable bonds is 3. The van der Waals surface area contributed by atoms with Crippen LogP contribution < -0.4 is 4.72 Å². The number of ether oxygens (including phenoxy) is 1. The van der Waals surface area contributed by atoms with Crippen molar-refractivity contribution in [2.24, 2.45) is 0 Å². The maximum atomic E-state index is 15.1. The second kappa shape index (κ2) is 7.15. The summed E-state index contributed by atoms with van der Waals surface area (Å²) in [7, 11) is 0. The molecule has 2 atom stereocenters. The monoisotopic (exact) mass is 350 g/mol. The van der Waals surface area contributed by atoms with Gasteiger partial charge in [0.25, 0.3) is 0 Å². The summed E-state index contributed by atoms with van der Waals surface area (Å²) in [6.07, 6.45) is 0.0159. The zero-order valence-corrected chi connectivity index (χ0v) is 16.2. The van der Waals surface area contributed by atoms with Crippen molar-refractivity contribution < 1.29 is 18.5 Å². The Hall–Kier alpha value is -0.530. The molecule has 1 rings (SSSR count). The molecule has 1 fully saturated rings. The number of likely N-dealkylation sites (tertiary alicyclic amines) is 1. The van der Waals surface area contributed by atoms with Crippen molar-refractivity contribution >= 4 is 17.5 Å². The van der Waals surface area contributed by atoms with E-state index in [-0.39, 0.29) is 12.8 Å². The van der Waals surface area contributed by atoms with E-state index < -0.39 is 39.5 Å². The van der Waals surface area contributed by atoms with Gasteiger partial charge in [0.1, 0.15) is 16.0 Å². The van der Waals surface area contributed by atoms with E-state index in [0.717, 1.165) is 0 Å². The Kier molecular flexibility index (Phi) is 6.38. The molecule has 0 radical (unpaired) electrons. The van der Waals surface area contributed by atoms with Gasteiger partial charge in [-0.3, -0.25) is 0 Å². The Morgan fingerprint density at radius 3 is 2.13 bits per heavy atom. The Morgan fingerprint density at radius 1 is 1.26 bits per heavy atom. The first-order valence-corrected chi connectivity index (χ1v) is 9.24. The van der Waals surface area contributed by atoms with Gasteiger partial charge in [0.15, 0.2) is 0 Å². The molecule has 1 saturated heterocycles. The number of nitrogens with one attached hydrogen (secondary N) is 1. The Balaban J connectivity index is 2.57. The maximum absolute atomic E-state index is 15.1. The second-order valence-electron chi connectivity index (χ2n) is 8.22. The molecule has 0 spiro atoms. The molecule has 0 aromatic rings. The van der Waals surface area contributed by atoms with Gasteiger partial charge >= 0.3 is 6.09 Å². The first-order valence-electron chi connectivity index (χ1n) is 8.09. The molecule has 136 valence electrons. The number of carbonyl (C=O) groups is 1. The minimum Gasteiger partial charge on any atom is -0.598 e. The number of halogens is 1. The van der Waals surface area contributed by atoms with Crippen molar-refractivity contribution in [3.05, 3.63) is 0 Å². The van der Waals surface area contributed by atoms with Crippen LogP contribution in [0.4, 0.5) is 9.18 Å². The highest BCUT2D eigenvalue weighted by atomic mass is 32.2. The topological polar surface area (TPSA) is 64.6 Å². The molecule has 5 nitrogen and oxygen atoms in total. The van der Waals surface area contributed by atoms with E-state index in [9.17, 15) is 9.35 Å². The fourth-order valence-electron chi connectivity index (χ4n) is 2.26. The van der Waals surface area contributed by atoms with Crippen molar-refractivity contribution in [3.8, 4) is 0 Å². The molecule has 1 heterocycles. The highest BCUT2D eigenvalue weighted by molar-refractivity contribution is 7.90. The Labute approximate surface area is 142 Å². The lowest BCUT2D eigenvalue weighted by Crippen LogP contribution is -2.57. The summed E-state index contributed by atoms with van der Waals surface area (Å²) in [6, 6.07) is -0.539. The van der Waals surface area contributed by atoms with E-state index in [4.69, 9.17) is 4.74 Å². The lowest BCUT2D eigenvalue weighted by molar-refractivity contribution is -0.00296. The predicted octanol–water partition coefficient (Wildman–Crippen LogP) is 3.17. The molecule has 0 bridgehead atoms. The molecule has 1 N–H and O–H groups in total. The quantitative estimate of drug-likeness (QED) is 0.794. The van der Waals surface area contributed by atoms with E-state index in [0.29, 0.717) is 13.1 Å². The molecule has 1 aliphatic rings. The highest BCUT2D eigenvalue weighted by Crippen LogP contribution is 2.32. The minimum absolute atomic E-state index is 0.210. The molecule has 23 heavy (non-hydrogen) atoms. The molecule has 0 aromatic carbocycles. The highest BCUT2D eigenvalue weighted by Gasteiger charge is 2.44. The summed E-state index contributed by atoms with van der Waals surface area (Å²) in [5, 5.41) is 0. The van der Waals surface area contributed by atoms with Crippen molar-refractivity contribution in [2.75, 3.05) is 13.1 Å². The van der Waals surface area contributed by atoms with E-state index in [1.54, 1.807) is 6.92 Å². The lowest BCUT2D eigenvalue weighted by Gasteiger charge is -2.40. The van der Waals surface area contributed by atoms with Crippen LogP contribution >= 0.6 is 0 Å². The number of piperidine rings is 1. The van der Waals surface area contributed by atoms with E-state index in [1.165, 1.54) is 4.90 Å². The van der Waals surface area contributed by atoms with Crippen LogP contribution in [0, 0.1) is 0 Å². The average molecular weight is 351 g/mol. The molecule has 1 aliphatic heterocycles. The van der Waals surface area contributed by atoms with Crippen molar-refractivity contribution in [1.82, 2.24) is 9.62 Å². The van der Waals surface area contributed by atoms with Crippen molar-refractivity contribution in [2.45, 2.75) is 83.4 Å². The van der Waals surface area contributed by atoms with E-state index in [2.05, 4.69) is 4.72 Å². The first-order chi connectivity index (χ1) is 10.2. The third-order valence-corrected chi connectivity index (χ3v) is 5.54. The molecule has 1 amide bonds. The van der Waals surface area contributed by atoms with Crippen LogP contribution in [0.5, 0.6) is 0 Å². The molecular weight excluding hydrogens is 319 g/mol. The third kappa shape index (κ3) is 6.12. The summed E-state index contributed by atoms with van der Waals surface area (Å²) in [5.41, 5.74) is -2.03. The van der Waals surface area contributed by atoms with Crippen LogP contribution in [0.2, 0.25) is 0 Å². The normalized spacial score (nSPS) is 21.7. The summed E-state index contributed by atoms with van der Waals surface area (Å²) in [4.78, 5) is 13.6. The summed E-state index contributed by atoms with van der Waals surface area (Å²) < 4.78 is 35.0. The second-order valence-corrected chi connectivity index (χ2v) is 10.2. The summed E-state index contributed by atoms with van der Waals surface area (Å²) in [6.45, 7) is 13.3. The van der Waals surface area contributed by atoms with Gasteiger partial charge in [-0.1, -0.05) is 0 Å². The van der Waals surface area contributed by atoms with Crippen LogP contribution in [-0.4, -0.2) is 50.7 Å². The maximum Gasteiger partial charge on any atom is 0.410 e. The van der Waals surface area contributed by atoms with Gasteiger partial charge in [-0.15, -0.1) is 4.72 Å². The Morgan fingerprint density at radius 2 is 1.74 bits per heavy atom. The number of alkyl halides is 1. The summed E-state index contributed by atoms with van der Waals surface area (Å²) >= 11 is -1.32. The standard InChI is InChI=1S/C16H31FN2O3S/c1-12(18-23(21)15(5,6)7)16(17)8-10-19(11-9-16)13(20)22-14(2,3)4/h12,18H,8-11H2,1-7H3/t12?,23-/m0/s1. The SMILES string of the molecule is CC(N[S@@+]([O-])C(C)(C)C)C1(F)CCN(C(=O)OC(C)(C)C)CC1. The van der Waals surface area contributed by atoms with Crippen LogP contribution in [0.1, 0.15) is 61.3 Å². The van der Waals surface area contributed by atoms with Crippen molar-refractivity contribution in [3.63, 3.8) is 0 Å². The molecule has 7 heteroatoms. The van der Waals surface area contributed by atoms with Gasteiger partial charge in [0.2, 0.25) is 0 Å². The molecule has 1 unspecified atom stereocenters. The van der Waals surface area contributed by atoms with Gasteiger partial charge in [-0.25, -0.2) is 9.18 Å². The largest absolute Gasteiger partial charge is 0.598 e. The average Bonchev–Trinajstić information content (AvgIpc) is 2.36. The number of hydrogen-bond donors (Lipinski definition) is 1. The third-order valence-electron chi connectivity index (χ3n) is 3.86. The smallest absolute Gasteiger partial charge is 0.410 e. The van der Waals surface area contributed by atoms with Crippen LogP contribution in [0.15, 0.2) is 0 Å². The van der Waals surface area contributed by atoms with Gasteiger partial charge in [-0.2, -0.15) is 0 Å². The van der Waals surface area contributed by atoms with Gasteiger partial charge < -0.3 is 14.2 Å². The molecular formula is C16H31FN2O3S. The number of amides is 1.